The van der Waals surface area contributed by atoms with Crippen LogP contribution in [0, 0.1) is 28.6 Å². The van der Waals surface area contributed by atoms with Crippen LogP contribution in [-0.4, -0.2) is 34.0 Å². The predicted molar refractivity (Wildman–Crippen MR) is 101 cm³/mol. The van der Waals surface area contributed by atoms with Crippen molar-refractivity contribution in [2.75, 3.05) is 0 Å². The van der Waals surface area contributed by atoms with Gasteiger partial charge in [-0.3, -0.25) is 9.59 Å². The number of aliphatic hydroxyl groups is 1. The lowest BCUT2D eigenvalue weighted by molar-refractivity contribution is -0.162. The van der Waals surface area contributed by atoms with Crippen molar-refractivity contribution in [2.24, 2.45) is 28.6 Å². The molecule has 1 N–H and O–H groups in total. The van der Waals surface area contributed by atoms with Crippen LogP contribution in [0.4, 0.5) is 0 Å². The third kappa shape index (κ3) is 1.74. The third-order valence-electron chi connectivity index (χ3n) is 9.26. The van der Waals surface area contributed by atoms with Gasteiger partial charge in [0.15, 0.2) is 11.6 Å². The van der Waals surface area contributed by atoms with Crippen molar-refractivity contribution < 1.29 is 19.4 Å². The molecule has 1 saturated heterocycles. The van der Waals surface area contributed by atoms with E-state index < -0.39 is 11.0 Å². The summed E-state index contributed by atoms with van der Waals surface area (Å²) in [6.45, 7) is 8.25. The quantitative estimate of drug-likeness (QED) is 0.757. The highest BCUT2D eigenvalue weighted by Crippen LogP contribution is 2.76. The van der Waals surface area contributed by atoms with Gasteiger partial charge >= 0.3 is 0 Å². The molecule has 3 saturated carbocycles. The van der Waals surface area contributed by atoms with Crippen molar-refractivity contribution in [3.05, 3.63) is 23.8 Å². The minimum absolute atomic E-state index is 0.0149. The number of Topliss-reactive ketones (excluding diaryl/α,β-unsaturated/α-hetero) is 1. The van der Waals surface area contributed by atoms with Gasteiger partial charge in [0.2, 0.25) is 0 Å². The Hall–Kier alpha value is -1.26. The molecular formula is C23H30O4. The van der Waals surface area contributed by atoms with Gasteiger partial charge in [-0.2, -0.15) is 0 Å². The number of ketones is 2. The fourth-order valence-electron chi connectivity index (χ4n) is 7.85. The van der Waals surface area contributed by atoms with E-state index in [0.717, 1.165) is 25.7 Å². The van der Waals surface area contributed by atoms with Gasteiger partial charge < -0.3 is 9.84 Å². The lowest BCUT2D eigenvalue weighted by Crippen LogP contribution is -2.61. The Morgan fingerprint density at radius 3 is 2.78 bits per heavy atom. The number of hydrogen-bond donors (Lipinski definition) is 1. The third-order valence-corrected chi connectivity index (χ3v) is 9.26. The summed E-state index contributed by atoms with van der Waals surface area (Å²) in [6.07, 6.45) is 9.48. The second-order valence-electron chi connectivity index (χ2n) is 10.1. The van der Waals surface area contributed by atoms with E-state index in [2.05, 4.69) is 19.9 Å². The monoisotopic (exact) mass is 370 g/mol. The van der Waals surface area contributed by atoms with E-state index in [-0.39, 0.29) is 40.5 Å². The minimum atomic E-state index is -1.25. The molecule has 4 heteroatoms. The molecule has 4 fully saturated rings. The zero-order chi connectivity index (χ0) is 19.4. The second-order valence-corrected chi connectivity index (χ2v) is 10.1. The molecule has 1 aliphatic heterocycles. The van der Waals surface area contributed by atoms with Gasteiger partial charge in [-0.25, -0.2) is 0 Å². The van der Waals surface area contributed by atoms with Gasteiger partial charge in [0.25, 0.3) is 0 Å². The Morgan fingerprint density at radius 1 is 1.33 bits per heavy atom. The molecule has 0 aromatic rings. The first-order valence-corrected chi connectivity index (χ1v) is 10.5. The first kappa shape index (κ1) is 17.8. The fraction of sp³-hybridized carbons (Fsp3) is 0.739. The summed E-state index contributed by atoms with van der Waals surface area (Å²) >= 11 is 0. The van der Waals surface area contributed by atoms with E-state index in [1.807, 2.05) is 19.9 Å². The van der Waals surface area contributed by atoms with E-state index >= 15 is 0 Å². The van der Waals surface area contributed by atoms with E-state index in [4.69, 9.17) is 4.74 Å². The highest BCUT2D eigenvalue weighted by atomic mass is 16.6. The molecule has 146 valence electrons. The Morgan fingerprint density at radius 2 is 2.07 bits per heavy atom. The fourth-order valence-corrected chi connectivity index (χ4v) is 7.85. The van der Waals surface area contributed by atoms with Crippen molar-refractivity contribution in [1.29, 1.82) is 0 Å². The summed E-state index contributed by atoms with van der Waals surface area (Å²) in [5, 5.41) is 11.7. The maximum atomic E-state index is 12.9. The molecule has 0 bridgehead atoms. The van der Waals surface area contributed by atoms with Crippen LogP contribution in [0.5, 0.6) is 0 Å². The van der Waals surface area contributed by atoms with Crippen molar-refractivity contribution >= 4 is 11.6 Å². The number of fused-ring (bicyclic) bond motifs is 3. The van der Waals surface area contributed by atoms with E-state index in [0.29, 0.717) is 12.3 Å². The molecule has 4 aliphatic carbocycles. The van der Waals surface area contributed by atoms with Crippen molar-refractivity contribution in [1.82, 2.24) is 0 Å². The molecule has 0 aromatic carbocycles. The number of hydrogen-bond acceptors (Lipinski definition) is 4. The number of ether oxygens (including phenoxy) is 1. The first-order chi connectivity index (χ1) is 12.6. The largest absolute Gasteiger partial charge is 0.381 e. The molecule has 5 aliphatic rings. The van der Waals surface area contributed by atoms with Crippen molar-refractivity contribution in [3.63, 3.8) is 0 Å². The number of allylic oxidation sites excluding steroid dienone is 2. The van der Waals surface area contributed by atoms with E-state index in [1.54, 1.807) is 6.08 Å². The average Bonchev–Trinajstić information content (AvgIpc) is 3.31. The molecule has 0 aromatic heterocycles. The van der Waals surface area contributed by atoms with Gasteiger partial charge in [-0.15, -0.1) is 0 Å². The Kier molecular flexibility index (Phi) is 3.31. The van der Waals surface area contributed by atoms with Crippen LogP contribution in [0.2, 0.25) is 0 Å². The SMILES string of the molecule is CCC(=O)[C@@]1(O)[C@H](C)CC2C3CCC4=CC(=O)C=C[C@]4(C)[C@]34OC4C[C@@]21C. The molecular weight excluding hydrogens is 340 g/mol. The predicted octanol–water partition coefficient (Wildman–Crippen LogP) is 3.38. The van der Waals surface area contributed by atoms with Crippen molar-refractivity contribution in [2.45, 2.75) is 77.1 Å². The molecule has 5 rings (SSSR count). The Balaban J connectivity index is 1.60. The lowest BCUT2D eigenvalue weighted by Gasteiger charge is -2.55. The van der Waals surface area contributed by atoms with Crippen LogP contribution in [0.25, 0.3) is 0 Å². The molecule has 8 atom stereocenters. The number of epoxide rings is 1. The zero-order valence-electron chi connectivity index (χ0n) is 16.7. The van der Waals surface area contributed by atoms with Crippen LogP contribution >= 0.6 is 0 Å². The summed E-state index contributed by atoms with van der Waals surface area (Å²) in [5.41, 5.74) is -0.989. The Bertz CT molecular complexity index is 811. The summed E-state index contributed by atoms with van der Waals surface area (Å²) in [7, 11) is 0. The normalized spacial score (nSPS) is 55.1. The maximum Gasteiger partial charge on any atom is 0.178 e. The van der Waals surface area contributed by atoms with Crippen LogP contribution < -0.4 is 0 Å². The molecule has 4 nitrogen and oxygen atoms in total. The minimum Gasteiger partial charge on any atom is -0.381 e. The molecule has 3 unspecified atom stereocenters. The summed E-state index contributed by atoms with van der Waals surface area (Å²) < 4.78 is 6.49. The Labute approximate surface area is 161 Å². The van der Waals surface area contributed by atoms with Gasteiger partial charge in [0.1, 0.15) is 11.2 Å². The average molecular weight is 370 g/mol. The summed E-state index contributed by atoms with van der Waals surface area (Å²) in [4.78, 5) is 24.8. The van der Waals surface area contributed by atoms with Crippen LogP contribution in [-0.2, 0) is 14.3 Å². The topological polar surface area (TPSA) is 66.9 Å². The van der Waals surface area contributed by atoms with Gasteiger partial charge in [0, 0.05) is 17.3 Å². The highest BCUT2D eigenvalue weighted by Gasteiger charge is 2.81. The molecule has 0 radical (unpaired) electrons. The van der Waals surface area contributed by atoms with E-state index in [9.17, 15) is 14.7 Å². The summed E-state index contributed by atoms with van der Waals surface area (Å²) in [5.74, 6) is 0.632. The lowest BCUT2D eigenvalue weighted by atomic mass is 9.46. The van der Waals surface area contributed by atoms with Crippen LogP contribution in [0.15, 0.2) is 23.8 Å². The first-order valence-electron chi connectivity index (χ1n) is 10.5. The summed E-state index contributed by atoms with van der Waals surface area (Å²) in [6, 6.07) is 0. The van der Waals surface area contributed by atoms with E-state index in [1.165, 1.54) is 5.57 Å². The molecule has 27 heavy (non-hydrogen) atoms. The molecule has 0 amide bonds. The second kappa shape index (κ2) is 5.01. The van der Waals surface area contributed by atoms with Crippen LogP contribution in [0.3, 0.4) is 0 Å². The van der Waals surface area contributed by atoms with Gasteiger partial charge in [0.05, 0.1) is 6.10 Å². The van der Waals surface area contributed by atoms with Crippen LogP contribution in [0.1, 0.15) is 59.8 Å². The number of carbonyl (C=O) groups is 2. The molecule has 1 heterocycles. The van der Waals surface area contributed by atoms with Crippen molar-refractivity contribution in [3.8, 4) is 0 Å². The standard InChI is InChI=1S/C23H30O4/c1-5-18(25)22(26)13(2)10-17-16-7-6-14-11-15(24)8-9-20(14,3)23(16)19(27-23)12-21(17,22)4/h8-9,11,13,16-17,19,26H,5-7,10,12H2,1-4H3/t13-,16?,17?,19?,20+,21+,22+,23+/m1/s1. The molecule has 1 spiro atoms. The smallest absolute Gasteiger partial charge is 0.178 e. The number of rotatable bonds is 2. The van der Waals surface area contributed by atoms with Gasteiger partial charge in [-0.05, 0) is 62.5 Å². The maximum absolute atomic E-state index is 12.9. The zero-order valence-corrected chi connectivity index (χ0v) is 16.7. The van der Waals surface area contributed by atoms with Gasteiger partial charge in [-0.1, -0.05) is 32.4 Å². The highest BCUT2D eigenvalue weighted by molar-refractivity contribution is 6.01. The number of carbonyl (C=O) groups excluding carboxylic acids is 2.